The maximum absolute atomic E-state index is 11.2. The zero-order chi connectivity index (χ0) is 14.0. The lowest BCUT2D eigenvalue weighted by Gasteiger charge is -2.17. The molecule has 1 unspecified atom stereocenters. The molecule has 1 aromatic heterocycles. The highest BCUT2D eigenvalue weighted by Gasteiger charge is 2.16. The Hall–Kier alpha value is -2.23. The van der Waals surface area contributed by atoms with E-state index in [9.17, 15) is 9.90 Å². The van der Waals surface area contributed by atoms with E-state index in [1.807, 2.05) is 39.0 Å². The fraction of sp³-hybridized carbons (Fsp3) is 0.267. The first-order valence-electron chi connectivity index (χ1n) is 6.15. The molecule has 2 N–H and O–H groups in total. The van der Waals surface area contributed by atoms with Crippen LogP contribution < -0.4 is 5.32 Å². The first kappa shape index (κ1) is 13.2. The standard InChI is InChI=1S/C15H17NO3/c1-9-5-4-6-12(15(17)18)14(9)16-11(3)13-8-7-10(2)19-13/h4-8,11,16H,1-3H3,(H,17,18). The molecule has 0 fully saturated rings. The summed E-state index contributed by atoms with van der Waals surface area (Å²) < 4.78 is 5.55. The summed E-state index contributed by atoms with van der Waals surface area (Å²) >= 11 is 0. The van der Waals surface area contributed by atoms with Gasteiger partial charge in [0.15, 0.2) is 0 Å². The van der Waals surface area contributed by atoms with E-state index in [1.54, 1.807) is 12.1 Å². The van der Waals surface area contributed by atoms with Gasteiger partial charge in [-0.3, -0.25) is 0 Å². The number of anilines is 1. The number of nitrogens with one attached hydrogen (secondary N) is 1. The molecule has 19 heavy (non-hydrogen) atoms. The molecule has 1 atom stereocenters. The van der Waals surface area contributed by atoms with Crippen molar-refractivity contribution in [3.63, 3.8) is 0 Å². The van der Waals surface area contributed by atoms with Gasteiger partial charge in [0.1, 0.15) is 11.5 Å². The van der Waals surface area contributed by atoms with Crippen molar-refractivity contribution in [3.8, 4) is 0 Å². The molecule has 1 heterocycles. The van der Waals surface area contributed by atoms with Crippen molar-refractivity contribution < 1.29 is 14.3 Å². The minimum absolute atomic E-state index is 0.0899. The van der Waals surface area contributed by atoms with E-state index < -0.39 is 5.97 Å². The number of aromatic carboxylic acids is 1. The molecule has 4 nitrogen and oxygen atoms in total. The first-order valence-corrected chi connectivity index (χ1v) is 6.15. The van der Waals surface area contributed by atoms with Crippen LogP contribution in [0.25, 0.3) is 0 Å². The van der Waals surface area contributed by atoms with Crippen LogP contribution in [0.1, 0.15) is 40.4 Å². The molecule has 2 rings (SSSR count). The molecular weight excluding hydrogens is 242 g/mol. The Morgan fingerprint density at radius 3 is 2.58 bits per heavy atom. The lowest BCUT2D eigenvalue weighted by atomic mass is 10.1. The summed E-state index contributed by atoms with van der Waals surface area (Å²) in [5.74, 6) is 0.693. The first-order chi connectivity index (χ1) is 8.99. The van der Waals surface area contributed by atoms with Crippen LogP contribution in [0.3, 0.4) is 0 Å². The van der Waals surface area contributed by atoms with Gasteiger partial charge in [-0.05, 0) is 44.5 Å². The Morgan fingerprint density at radius 2 is 2.00 bits per heavy atom. The van der Waals surface area contributed by atoms with E-state index in [1.165, 1.54) is 0 Å². The second kappa shape index (κ2) is 5.18. The van der Waals surface area contributed by atoms with Crippen molar-refractivity contribution in [1.82, 2.24) is 0 Å². The van der Waals surface area contributed by atoms with E-state index in [4.69, 9.17) is 4.42 Å². The Bertz CT molecular complexity index is 601. The quantitative estimate of drug-likeness (QED) is 0.877. The van der Waals surface area contributed by atoms with E-state index in [-0.39, 0.29) is 11.6 Å². The number of para-hydroxylation sites is 1. The Morgan fingerprint density at radius 1 is 1.26 bits per heavy atom. The Labute approximate surface area is 112 Å². The summed E-state index contributed by atoms with van der Waals surface area (Å²) in [6.45, 7) is 5.71. The van der Waals surface area contributed by atoms with Crippen molar-refractivity contribution in [3.05, 3.63) is 53.0 Å². The maximum Gasteiger partial charge on any atom is 0.337 e. The van der Waals surface area contributed by atoms with E-state index >= 15 is 0 Å². The molecule has 100 valence electrons. The van der Waals surface area contributed by atoms with Crippen LogP contribution in [0.15, 0.2) is 34.7 Å². The third-order valence-electron chi connectivity index (χ3n) is 3.05. The number of carboxylic acids is 1. The number of furan rings is 1. The average Bonchev–Trinajstić information content (AvgIpc) is 2.78. The monoisotopic (exact) mass is 259 g/mol. The molecule has 0 spiro atoms. The number of benzene rings is 1. The van der Waals surface area contributed by atoms with E-state index in [0.29, 0.717) is 5.69 Å². The summed E-state index contributed by atoms with van der Waals surface area (Å²) in [6.07, 6.45) is 0. The smallest absolute Gasteiger partial charge is 0.337 e. The topological polar surface area (TPSA) is 62.5 Å². The molecular formula is C15H17NO3. The second-order valence-corrected chi connectivity index (χ2v) is 4.62. The Balaban J connectivity index is 2.30. The second-order valence-electron chi connectivity index (χ2n) is 4.62. The van der Waals surface area contributed by atoms with Crippen LogP contribution in [0, 0.1) is 13.8 Å². The van der Waals surface area contributed by atoms with Gasteiger partial charge in [0.25, 0.3) is 0 Å². The number of rotatable bonds is 4. The van der Waals surface area contributed by atoms with Gasteiger partial charge < -0.3 is 14.8 Å². The largest absolute Gasteiger partial charge is 0.478 e. The van der Waals surface area contributed by atoms with Crippen LogP contribution in [-0.2, 0) is 0 Å². The molecule has 0 bridgehead atoms. The summed E-state index contributed by atoms with van der Waals surface area (Å²) in [7, 11) is 0. The predicted molar refractivity (Wildman–Crippen MR) is 73.6 cm³/mol. The van der Waals surface area contributed by atoms with E-state index in [2.05, 4.69) is 5.32 Å². The molecule has 0 radical (unpaired) electrons. The van der Waals surface area contributed by atoms with Gasteiger partial charge >= 0.3 is 5.97 Å². The minimum Gasteiger partial charge on any atom is -0.478 e. The van der Waals surface area contributed by atoms with Gasteiger partial charge in [0, 0.05) is 0 Å². The van der Waals surface area contributed by atoms with Crippen molar-refractivity contribution in [2.45, 2.75) is 26.8 Å². The lowest BCUT2D eigenvalue weighted by molar-refractivity contribution is 0.0697. The number of hydrogen-bond donors (Lipinski definition) is 2. The third kappa shape index (κ3) is 2.78. The lowest BCUT2D eigenvalue weighted by Crippen LogP contribution is -2.11. The molecule has 0 saturated carbocycles. The van der Waals surface area contributed by atoms with Gasteiger partial charge in [-0.15, -0.1) is 0 Å². The zero-order valence-electron chi connectivity index (χ0n) is 11.2. The SMILES string of the molecule is Cc1ccc(C(C)Nc2c(C)cccc2C(=O)O)o1. The molecule has 0 aliphatic heterocycles. The van der Waals surface area contributed by atoms with Crippen molar-refractivity contribution in [1.29, 1.82) is 0 Å². The summed E-state index contributed by atoms with van der Waals surface area (Å²) in [6, 6.07) is 8.92. The van der Waals surface area contributed by atoms with E-state index in [0.717, 1.165) is 17.1 Å². The van der Waals surface area contributed by atoms with Crippen LogP contribution >= 0.6 is 0 Å². The number of carbonyl (C=O) groups is 1. The molecule has 2 aromatic rings. The fourth-order valence-electron chi connectivity index (χ4n) is 2.01. The molecule has 0 aliphatic carbocycles. The predicted octanol–water partition coefficient (Wildman–Crippen LogP) is 3.77. The van der Waals surface area contributed by atoms with Crippen molar-refractivity contribution in [2.24, 2.45) is 0 Å². The summed E-state index contributed by atoms with van der Waals surface area (Å²) in [4.78, 5) is 11.2. The van der Waals surface area contributed by atoms with Crippen molar-refractivity contribution in [2.75, 3.05) is 5.32 Å². The van der Waals surface area contributed by atoms with Gasteiger partial charge in [-0.2, -0.15) is 0 Å². The van der Waals surface area contributed by atoms with Crippen LogP contribution in [0.2, 0.25) is 0 Å². The highest BCUT2D eigenvalue weighted by atomic mass is 16.4. The molecule has 0 aliphatic rings. The summed E-state index contributed by atoms with van der Waals surface area (Å²) in [5, 5.41) is 12.4. The normalized spacial score (nSPS) is 12.2. The van der Waals surface area contributed by atoms with Crippen LogP contribution in [-0.4, -0.2) is 11.1 Å². The summed E-state index contributed by atoms with van der Waals surface area (Å²) in [5.41, 5.74) is 1.81. The molecule has 1 aromatic carbocycles. The molecule has 0 amide bonds. The highest BCUT2D eigenvalue weighted by Crippen LogP contribution is 2.26. The van der Waals surface area contributed by atoms with Gasteiger partial charge in [0.05, 0.1) is 17.3 Å². The van der Waals surface area contributed by atoms with Crippen LogP contribution in [0.4, 0.5) is 5.69 Å². The molecule has 4 heteroatoms. The number of hydrogen-bond acceptors (Lipinski definition) is 3. The van der Waals surface area contributed by atoms with Gasteiger partial charge in [-0.25, -0.2) is 4.79 Å². The van der Waals surface area contributed by atoms with Crippen LogP contribution in [0.5, 0.6) is 0 Å². The third-order valence-corrected chi connectivity index (χ3v) is 3.05. The highest BCUT2D eigenvalue weighted by molar-refractivity contribution is 5.95. The van der Waals surface area contributed by atoms with Gasteiger partial charge in [0.2, 0.25) is 0 Å². The average molecular weight is 259 g/mol. The van der Waals surface area contributed by atoms with Crippen molar-refractivity contribution >= 4 is 11.7 Å². The minimum atomic E-state index is -0.936. The molecule has 0 saturated heterocycles. The zero-order valence-corrected chi connectivity index (χ0v) is 11.2. The number of aryl methyl sites for hydroxylation is 2. The fourth-order valence-corrected chi connectivity index (χ4v) is 2.01. The Kier molecular flexibility index (Phi) is 3.60. The maximum atomic E-state index is 11.2. The number of carboxylic acid groups (broad SMARTS) is 1. The van der Waals surface area contributed by atoms with Gasteiger partial charge in [-0.1, -0.05) is 12.1 Å².